The molecule has 0 aromatic heterocycles. The second kappa shape index (κ2) is 4.54. The van der Waals surface area contributed by atoms with Gasteiger partial charge in [-0.25, -0.2) is 0 Å². The number of hydrogen-bond acceptors (Lipinski definition) is 0. The molecule has 0 nitrogen and oxygen atoms in total. The van der Waals surface area contributed by atoms with Gasteiger partial charge in [-0.05, 0) is 33.2 Å². The summed E-state index contributed by atoms with van der Waals surface area (Å²) in [4.78, 5) is 0. The molecule has 0 fully saturated rings. The van der Waals surface area contributed by atoms with Gasteiger partial charge < -0.3 is 0 Å². The maximum absolute atomic E-state index is 6.77. The Morgan fingerprint density at radius 1 is 0.500 bits per heavy atom. The van der Waals surface area contributed by atoms with E-state index in [0.29, 0.717) is 0 Å². The fraction of sp³-hybridized carbons (Fsp3) is 0. The predicted octanol–water partition coefficient (Wildman–Crippen LogP) is 3.68. The fourth-order valence-corrected chi connectivity index (χ4v) is 3.43. The van der Waals surface area contributed by atoms with Crippen molar-refractivity contribution < 1.29 is 0 Å². The summed E-state index contributed by atoms with van der Waals surface area (Å²) in [6, 6.07) is 25.4. The van der Waals surface area contributed by atoms with Crippen molar-refractivity contribution in [2.75, 3.05) is 0 Å². The van der Waals surface area contributed by atoms with Crippen LogP contribution in [0.15, 0.2) is 72.8 Å². The van der Waals surface area contributed by atoms with Crippen molar-refractivity contribution in [3.8, 4) is 22.3 Å². The molecule has 0 radical (unpaired) electrons. The Morgan fingerprint density at radius 3 is 1.30 bits per heavy atom. The van der Waals surface area contributed by atoms with E-state index in [9.17, 15) is 0 Å². The molecule has 4 rings (SSSR count). The Labute approximate surface area is 124 Å². The van der Waals surface area contributed by atoms with E-state index >= 15 is 0 Å². The third-order valence-electron chi connectivity index (χ3n) is 3.98. The molecule has 1 heterocycles. The van der Waals surface area contributed by atoms with E-state index in [1.165, 1.54) is 33.2 Å². The van der Waals surface area contributed by atoms with Crippen LogP contribution >= 0.6 is 11.5 Å². The molecular formula is C18H12BCl. The van der Waals surface area contributed by atoms with Crippen molar-refractivity contribution in [1.82, 2.24) is 0 Å². The molecule has 0 saturated carbocycles. The lowest BCUT2D eigenvalue weighted by Crippen LogP contribution is -2.38. The average molecular weight is 275 g/mol. The van der Waals surface area contributed by atoms with Gasteiger partial charge in [0.15, 0.2) is 0 Å². The topological polar surface area (TPSA) is 0 Å². The summed E-state index contributed by atoms with van der Waals surface area (Å²) >= 11 is 6.77. The van der Waals surface area contributed by atoms with Crippen LogP contribution in [0.3, 0.4) is 0 Å². The van der Waals surface area contributed by atoms with Gasteiger partial charge in [0.25, 0.3) is 0 Å². The molecule has 3 aromatic carbocycles. The minimum atomic E-state index is -0.102. The highest BCUT2D eigenvalue weighted by atomic mass is 35.5. The SMILES string of the molecule is ClB1c2ccccc2-c2ccccc2-c2ccccc21. The average Bonchev–Trinajstić information content (AvgIpc) is 2.64. The Morgan fingerprint density at radius 2 is 0.850 bits per heavy atom. The minimum Gasteiger partial charge on any atom is -0.182 e. The second-order valence-electron chi connectivity index (χ2n) is 5.08. The van der Waals surface area contributed by atoms with E-state index in [1.54, 1.807) is 0 Å². The standard InChI is InChI=1S/C18H12BCl/c20-19-17-11-5-3-9-15(17)13-7-1-2-8-14(13)16-10-4-6-12-18(16)19/h1-12H. The van der Waals surface area contributed by atoms with Crippen LogP contribution in [0.5, 0.6) is 0 Å². The van der Waals surface area contributed by atoms with Crippen LogP contribution in [0.2, 0.25) is 0 Å². The zero-order chi connectivity index (χ0) is 13.5. The molecule has 2 heteroatoms. The molecule has 1 aliphatic heterocycles. The molecule has 0 amide bonds. The first-order valence-corrected chi connectivity index (χ1v) is 7.21. The lowest BCUT2D eigenvalue weighted by atomic mass is 9.60. The van der Waals surface area contributed by atoms with Crippen molar-refractivity contribution >= 4 is 28.5 Å². The van der Waals surface area contributed by atoms with E-state index < -0.39 is 0 Å². The molecule has 0 aliphatic carbocycles. The summed E-state index contributed by atoms with van der Waals surface area (Å²) in [7, 11) is 0. The zero-order valence-corrected chi connectivity index (χ0v) is 11.6. The van der Waals surface area contributed by atoms with Gasteiger partial charge in [0.2, 0.25) is 0 Å². The maximum atomic E-state index is 6.77. The number of fused-ring (bicyclic) bond motifs is 5. The number of halogens is 1. The highest BCUT2D eigenvalue weighted by Crippen LogP contribution is 2.33. The third kappa shape index (κ3) is 1.63. The largest absolute Gasteiger partial charge is 0.316 e. The van der Waals surface area contributed by atoms with Gasteiger partial charge in [0.05, 0.1) is 0 Å². The molecule has 0 N–H and O–H groups in total. The first-order chi connectivity index (χ1) is 9.86. The van der Waals surface area contributed by atoms with Crippen LogP contribution in [-0.4, -0.2) is 6.13 Å². The summed E-state index contributed by atoms with van der Waals surface area (Å²) in [6.45, 7) is 0. The normalized spacial score (nSPS) is 12.2. The van der Waals surface area contributed by atoms with E-state index in [2.05, 4.69) is 72.8 Å². The lowest BCUT2D eigenvalue weighted by Gasteiger charge is -2.09. The Kier molecular flexibility index (Phi) is 2.68. The Hall–Kier alpha value is -1.99. The molecule has 94 valence electrons. The van der Waals surface area contributed by atoms with E-state index in [1.807, 2.05) is 0 Å². The quantitative estimate of drug-likeness (QED) is 0.549. The van der Waals surface area contributed by atoms with Gasteiger partial charge in [0, 0.05) is 0 Å². The van der Waals surface area contributed by atoms with Crippen molar-refractivity contribution in [3.63, 3.8) is 0 Å². The molecule has 0 atom stereocenters. The molecule has 0 spiro atoms. The summed E-state index contributed by atoms with van der Waals surface area (Å²) in [5, 5.41) is 0. The van der Waals surface area contributed by atoms with Crippen LogP contribution in [0.1, 0.15) is 0 Å². The summed E-state index contributed by atoms with van der Waals surface area (Å²) < 4.78 is 0. The van der Waals surface area contributed by atoms with Crippen molar-refractivity contribution in [1.29, 1.82) is 0 Å². The summed E-state index contributed by atoms with van der Waals surface area (Å²) in [5.41, 5.74) is 7.37. The van der Waals surface area contributed by atoms with Gasteiger partial charge in [-0.15, -0.1) is 0 Å². The van der Waals surface area contributed by atoms with E-state index in [0.717, 1.165) is 0 Å². The molecular weight excluding hydrogens is 262 g/mol. The zero-order valence-electron chi connectivity index (χ0n) is 10.9. The van der Waals surface area contributed by atoms with Crippen LogP contribution in [0.25, 0.3) is 22.3 Å². The minimum absolute atomic E-state index is 0.102. The Bertz CT molecular complexity index is 728. The summed E-state index contributed by atoms with van der Waals surface area (Å²) in [6.07, 6.45) is -0.102. The van der Waals surface area contributed by atoms with Crippen molar-refractivity contribution in [3.05, 3.63) is 72.8 Å². The van der Waals surface area contributed by atoms with Crippen LogP contribution in [0.4, 0.5) is 0 Å². The molecule has 0 bridgehead atoms. The molecule has 1 aliphatic rings. The highest BCUT2D eigenvalue weighted by molar-refractivity contribution is 7.22. The van der Waals surface area contributed by atoms with Gasteiger partial charge in [-0.1, -0.05) is 72.8 Å². The summed E-state index contributed by atoms with van der Waals surface area (Å²) in [5.74, 6) is 0. The first kappa shape index (κ1) is 11.8. The van der Waals surface area contributed by atoms with Gasteiger partial charge in [-0.3, -0.25) is 0 Å². The van der Waals surface area contributed by atoms with Crippen LogP contribution in [-0.2, 0) is 0 Å². The number of hydrogen-bond donors (Lipinski definition) is 0. The van der Waals surface area contributed by atoms with E-state index in [4.69, 9.17) is 11.5 Å². The third-order valence-corrected chi connectivity index (χ3v) is 4.45. The molecule has 20 heavy (non-hydrogen) atoms. The Balaban J connectivity index is 2.17. The second-order valence-corrected chi connectivity index (χ2v) is 5.52. The molecule has 0 unspecified atom stereocenters. The maximum Gasteiger partial charge on any atom is 0.316 e. The van der Waals surface area contributed by atoms with Gasteiger partial charge in [-0.2, -0.15) is 11.5 Å². The monoisotopic (exact) mass is 274 g/mol. The predicted molar refractivity (Wildman–Crippen MR) is 88.2 cm³/mol. The van der Waals surface area contributed by atoms with Crippen molar-refractivity contribution in [2.24, 2.45) is 0 Å². The van der Waals surface area contributed by atoms with Crippen LogP contribution < -0.4 is 10.9 Å². The van der Waals surface area contributed by atoms with Gasteiger partial charge in [0.1, 0.15) is 0 Å². The van der Waals surface area contributed by atoms with Crippen LogP contribution in [0, 0.1) is 0 Å². The van der Waals surface area contributed by atoms with Gasteiger partial charge >= 0.3 is 6.13 Å². The molecule has 0 saturated heterocycles. The van der Waals surface area contributed by atoms with Crippen molar-refractivity contribution in [2.45, 2.75) is 0 Å². The smallest absolute Gasteiger partial charge is 0.182 e. The fourth-order valence-electron chi connectivity index (χ4n) is 3.05. The highest BCUT2D eigenvalue weighted by Gasteiger charge is 2.27. The first-order valence-electron chi connectivity index (χ1n) is 6.78. The number of rotatable bonds is 0. The number of benzene rings is 3. The lowest BCUT2D eigenvalue weighted by molar-refractivity contribution is 1.62. The molecule has 3 aromatic rings. The van der Waals surface area contributed by atoms with E-state index in [-0.39, 0.29) is 6.13 Å².